The number of hydrogen-bond donors (Lipinski definition) is 2. The Hall–Kier alpha value is -3.26. The van der Waals surface area contributed by atoms with Gasteiger partial charge in [0.1, 0.15) is 5.75 Å². The number of rotatable bonds is 5. The zero-order chi connectivity index (χ0) is 16.9. The second-order valence-electron chi connectivity index (χ2n) is 4.81. The first kappa shape index (κ1) is 15.6. The second kappa shape index (κ2) is 6.88. The van der Waals surface area contributed by atoms with Crippen molar-refractivity contribution in [3.8, 4) is 17.0 Å². The number of aromatic nitrogens is 1. The Bertz CT molecular complexity index is 908. The molecule has 0 aliphatic heterocycles. The molecule has 3 aromatic rings. The van der Waals surface area contributed by atoms with Crippen molar-refractivity contribution in [2.24, 2.45) is 5.10 Å². The van der Waals surface area contributed by atoms with Gasteiger partial charge in [0.15, 0.2) is 0 Å². The summed E-state index contributed by atoms with van der Waals surface area (Å²) < 4.78 is 0. The Kier molecular flexibility index (Phi) is 4.48. The molecule has 0 saturated carbocycles. The van der Waals surface area contributed by atoms with Crippen molar-refractivity contribution in [3.63, 3.8) is 0 Å². The molecule has 0 spiro atoms. The van der Waals surface area contributed by atoms with Gasteiger partial charge in [-0.1, -0.05) is 24.3 Å². The van der Waals surface area contributed by atoms with Gasteiger partial charge in [0.25, 0.3) is 5.69 Å². The van der Waals surface area contributed by atoms with Gasteiger partial charge in [0, 0.05) is 23.1 Å². The summed E-state index contributed by atoms with van der Waals surface area (Å²) in [4.78, 5) is 14.7. The summed E-state index contributed by atoms with van der Waals surface area (Å²) in [5.41, 5.74) is 4.88. The van der Waals surface area contributed by atoms with Crippen molar-refractivity contribution in [1.29, 1.82) is 0 Å². The average Bonchev–Trinajstić information content (AvgIpc) is 3.04. The molecular formula is C16H12N4O3S. The van der Waals surface area contributed by atoms with Crippen LogP contribution in [0.15, 0.2) is 59.0 Å². The van der Waals surface area contributed by atoms with E-state index in [0.29, 0.717) is 16.4 Å². The zero-order valence-electron chi connectivity index (χ0n) is 12.3. The molecule has 0 unspecified atom stereocenters. The number of hydrazone groups is 1. The molecule has 0 saturated heterocycles. The van der Waals surface area contributed by atoms with Crippen molar-refractivity contribution in [2.75, 3.05) is 5.43 Å². The lowest BCUT2D eigenvalue weighted by Gasteiger charge is -1.97. The van der Waals surface area contributed by atoms with E-state index in [0.717, 1.165) is 5.56 Å². The SMILES string of the molecule is O=[N+]([O-])c1cccc(-c2csc(N/N=C\c3cccc(O)c3)n2)c1. The van der Waals surface area contributed by atoms with Crippen molar-refractivity contribution >= 4 is 28.4 Å². The van der Waals surface area contributed by atoms with E-state index in [2.05, 4.69) is 15.5 Å². The van der Waals surface area contributed by atoms with Gasteiger partial charge in [0.2, 0.25) is 5.13 Å². The third-order valence-electron chi connectivity index (χ3n) is 3.10. The molecule has 1 aromatic heterocycles. The maximum Gasteiger partial charge on any atom is 0.270 e. The maximum atomic E-state index is 10.8. The molecule has 8 heteroatoms. The molecule has 0 bridgehead atoms. The largest absolute Gasteiger partial charge is 0.508 e. The molecule has 120 valence electrons. The summed E-state index contributed by atoms with van der Waals surface area (Å²) in [6.45, 7) is 0. The standard InChI is InChI=1S/C16H12N4O3S/c21-14-6-1-3-11(7-14)9-17-19-16-18-15(10-24-16)12-4-2-5-13(8-12)20(22)23/h1-10,21H,(H,18,19)/b17-9-. The molecule has 7 nitrogen and oxygen atoms in total. The highest BCUT2D eigenvalue weighted by Gasteiger charge is 2.09. The predicted octanol–water partition coefficient (Wildman–Crippen LogP) is 3.87. The van der Waals surface area contributed by atoms with Crippen LogP contribution < -0.4 is 5.43 Å². The fourth-order valence-corrected chi connectivity index (χ4v) is 2.67. The van der Waals surface area contributed by atoms with Gasteiger partial charge in [0.05, 0.1) is 16.8 Å². The monoisotopic (exact) mass is 340 g/mol. The number of phenols is 1. The number of nitro benzene ring substituents is 1. The molecule has 3 rings (SSSR count). The first-order valence-corrected chi connectivity index (χ1v) is 7.78. The lowest BCUT2D eigenvalue weighted by Crippen LogP contribution is -1.90. The van der Waals surface area contributed by atoms with Gasteiger partial charge in [-0.05, 0) is 17.7 Å². The van der Waals surface area contributed by atoms with Gasteiger partial charge in [-0.2, -0.15) is 5.10 Å². The van der Waals surface area contributed by atoms with Crippen molar-refractivity contribution in [3.05, 3.63) is 69.6 Å². The Balaban J connectivity index is 1.72. The van der Waals surface area contributed by atoms with Crippen LogP contribution in [0.25, 0.3) is 11.3 Å². The topological polar surface area (TPSA) is 101 Å². The number of hydrogen-bond acceptors (Lipinski definition) is 7. The van der Waals surface area contributed by atoms with Crippen LogP contribution in [-0.4, -0.2) is 21.2 Å². The van der Waals surface area contributed by atoms with Gasteiger partial charge < -0.3 is 5.11 Å². The number of thiazole rings is 1. The fraction of sp³-hybridized carbons (Fsp3) is 0. The predicted molar refractivity (Wildman–Crippen MR) is 93.5 cm³/mol. The minimum absolute atomic E-state index is 0.0249. The summed E-state index contributed by atoms with van der Waals surface area (Å²) in [6.07, 6.45) is 1.56. The van der Waals surface area contributed by atoms with E-state index in [-0.39, 0.29) is 11.4 Å². The summed E-state index contributed by atoms with van der Waals surface area (Å²) in [5, 5.41) is 26.6. The van der Waals surface area contributed by atoms with Crippen LogP contribution in [0.2, 0.25) is 0 Å². The van der Waals surface area contributed by atoms with Crippen LogP contribution in [0, 0.1) is 10.1 Å². The number of non-ortho nitro benzene ring substituents is 1. The van der Waals surface area contributed by atoms with Crippen LogP contribution in [0.1, 0.15) is 5.56 Å². The third kappa shape index (κ3) is 3.73. The highest BCUT2D eigenvalue weighted by atomic mass is 32.1. The third-order valence-corrected chi connectivity index (χ3v) is 3.85. The fourth-order valence-electron chi connectivity index (χ4n) is 2.00. The van der Waals surface area contributed by atoms with E-state index in [1.54, 1.807) is 48.0 Å². The summed E-state index contributed by atoms with van der Waals surface area (Å²) >= 11 is 1.34. The quantitative estimate of drug-likeness (QED) is 0.417. The highest BCUT2D eigenvalue weighted by molar-refractivity contribution is 7.14. The minimum Gasteiger partial charge on any atom is -0.508 e. The molecule has 1 heterocycles. The van der Waals surface area contributed by atoms with Crippen LogP contribution in [0.5, 0.6) is 5.75 Å². The number of nitrogens with one attached hydrogen (secondary N) is 1. The first-order chi connectivity index (χ1) is 11.6. The minimum atomic E-state index is -0.436. The molecule has 0 aliphatic carbocycles. The van der Waals surface area contributed by atoms with Crippen molar-refractivity contribution in [1.82, 2.24) is 4.98 Å². The molecule has 24 heavy (non-hydrogen) atoms. The summed E-state index contributed by atoms with van der Waals surface area (Å²) in [5.74, 6) is 0.168. The lowest BCUT2D eigenvalue weighted by atomic mass is 10.1. The van der Waals surface area contributed by atoms with E-state index in [4.69, 9.17) is 0 Å². The molecule has 0 atom stereocenters. The van der Waals surface area contributed by atoms with Crippen molar-refractivity contribution < 1.29 is 10.0 Å². The van der Waals surface area contributed by atoms with Crippen LogP contribution in [0.3, 0.4) is 0 Å². The summed E-state index contributed by atoms with van der Waals surface area (Å²) in [7, 11) is 0. The van der Waals surface area contributed by atoms with Gasteiger partial charge in [-0.15, -0.1) is 11.3 Å². The number of anilines is 1. The number of benzene rings is 2. The summed E-state index contributed by atoms with van der Waals surface area (Å²) in [6, 6.07) is 13.0. The van der Waals surface area contributed by atoms with Crippen LogP contribution in [-0.2, 0) is 0 Å². The van der Waals surface area contributed by atoms with E-state index in [1.165, 1.54) is 23.5 Å². The molecular weight excluding hydrogens is 328 g/mol. The van der Waals surface area contributed by atoms with E-state index in [9.17, 15) is 15.2 Å². The number of nitrogens with zero attached hydrogens (tertiary/aromatic N) is 3. The molecule has 0 radical (unpaired) electrons. The Morgan fingerprint density at radius 1 is 1.25 bits per heavy atom. The maximum absolute atomic E-state index is 10.8. The van der Waals surface area contributed by atoms with E-state index < -0.39 is 4.92 Å². The van der Waals surface area contributed by atoms with Gasteiger partial charge in [-0.25, -0.2) is 4.98 Å². The Morgan fingerprint density at radius 3 is 2.88 bits per heavy atom. The Labute approximate surface area is 141 Å². The van der Waals surface area contributed by atoms with Crippen molar-refractivity contribution in [2.45, 2.75) is 0 Å². The van der Waals surface area contributed by atoms with Crippen LogP contribution in [0.4, 0.5) is 10.8 Å². The molecule has 2 N–H and O–H groups in total. The number of aromatic hydroxyl groups is 1. The number of nitro groups is 1. The first-order valence-electron chi connectivity index (χ1n) is 6.90. The highest BCUT2D eigenvalue weighted by Crippen LogP contribution is 2.27. The van der Waals surface area contributed by atoms with E-state index in [1.807, 2.05) is 0 Å². The molecule has 0 aliphatic rings. The normalized spacial score (nSPS) is 10.8. The van der Waals surface area contributed by atoms with E-state index >= 15 is 0 Å². The van der Waals surface area contributed by atoms with Crippen LogP contribution >= 0.6 is 11.3 Å². The average molecular weight is 340 g/mol. The smallest absolute Gasteiger partial charge is 0.270 e. The Morgan fingerprint density at radius 2 is 2.08 bits per heavy atom. The zero-order valence-corrected chi connectivity index (χ0v) is 13.1. The second-order valence-corrected chi connectivity index (χ2v) is 5.67. The molecule has 0 fully saturated rings. The number of phenolic OH excluding ortho intramolecular Hbond substituents is 1. The lowest BCUT2D eigenvalue weighted by molar-refractivity contribution is -0.384. The molecule has 0 amide bonds. The molecule has 2 aromatic carbocycles. The van der Waals surface area contributed by atoms with Gasteiger partial charge >= 0.3 is 0 Å². The van der Waals surface area contributed by atoms with Gasteiger partial charge in [-0.3, -0.25) is 15.5 Å².